The molecule has 5 nitrogen and oxygen atoms in total. The lowest BCUT2D eigenvalue weighted by atomic mass is 9.43. The minimum atomic E-state index is -0.111. The van der Waals surface area contributed by atoms with E-state index in [2.05, 4.69) is 24.3 Å². The van der Waals surface area contributed by atoms with Gasteiger partial charge in [-0.2, -0.15) is 5.10 Å². The van der Waals surface area contributed by atoms with Gasteiger partial charge in [-0.05, 0) is 68.3 Å². The number of aryl methyl sites for hydroxylation is 1. The summed E-state index contributed by atoms with van der Waals surface area (Å²) in [6.45, 7) is 8.85. The van der Waals surface area contributed by atoms with Gasteiger partial charge in [-0.15, -0.1) is 0 Å². The van der Waals surface area contributed by atoms with Crippen molar-refractivity contribution in [3.8, 4) is 0 Å². The molecule has 1 aromatic rings. The van der Waals surface area contributed by atoms with Crippen LogP contribution in [-0.4, -0.2) is 34.4 Å². The molecule has 1 heterocycles. The Morgan fingerprint density at radius 3 is 2.60 bits per heavy atom. The summed E-state index contributed by atoms with van der Waals surface area (Å²) in [5.74, 6) is 0.721. The Morgan fingerprint density at radius 2 is 2.00 bits per heavy atom. The molecule has 4 aliphatic rings. The minimum absolute atomic E-state index is 0.0530. The lowest BCUT2D eigenvalue weighted by Crippen LogP contribution is -2.59. The fourth-order valence-corrected chi connectivity index (χ4v) is 6.69. The number of ether oxygens (including phenoxy) is 1. The number of carbonyl (C=O) groups excluding carboxylic acids is 1. The fraction of sp³-hybridized carbons (Fsp3) is 0.800. The van der Waals surface area contributed by atoms with Gasteiger partial charge in [-0.25, -0.2) is 0 Å². The van der Waals surface area contributed by atoms with E-state index in [1.807, 2.05) is 13.1 Å². The van der Waals surface area contributed by atoms with Crippen molar-refractivity contribution in [2.75, 3.05) is 13.2 Å². The van der Waals surface area contributed by atoms with Crippen molar-refractivity contribution in [2.45, 2.75) is 71.4 Å². The maximum absolute atomic E-state index is 12.2. The Hall–Kier alpha value is -1.36. The number of amides is 1. The first-order valence-corrected chi connectivity index (χ1v) is 9.78. The van der Waals surface area contributed by atoms with E-state index in [1.165, 1.54) is 38.5 Å². The largest absolute Gasteiger partial charge is 0.373 e. The Morgan fingerprint density at radius 1 is 1.28 bits per heavy atom. The minimum Gasteiger partial charge on any atom is -0.373 e. The predicted molar refractivity (Wildman–Crippen MR) is 96.3 cm³/mol. The molecule has 0 saturated heterocycles. The third kappa shape index (κ3) is 3.23. The number of rotatable bonds is 6. The molecule has 4 bridgehead atoms. The van der Waals surface area contributed by atoms with Crippen molar-refractivity contribution in [2.24, 2.45) is 16.7 Å². The lowest BCUT2D eigenvalue weighted by molar-refractivity contribution is -0.213. The Bertz CT molecular complexity index is 650. The van der Waals surface area contributed by atoms with Crippen LogP contribution in [-0.2, 0) is 11.3 Å². The van der Waals surface area contributed by atoms with E-state index in [9.17, 15) is 4.79 Å². The maximum atomic E-state index is 12.2. The van der Waals surface area contributed by atoms with E-state index in [0.717, 1.165) is 12.5 Å². The van der Waals surface area contributed by atoms with E-state index in [4.69, 9.17) is 4.74 Å². The van der Waals surface area contributed by atoms with Crippen LogP contribution in [0.4, 0.5) is 0 Å². The monoisotopic (exact) mass is 345 g/mol. The molecule has 25 heavy (non-hydrogen) atoms. The first-order chi connectivity index (χ1) is 11.8. The van der Waals surface area contributed by atoms with Crippen LogP contribution >= 0.6 is 0 Å². The van der Waals surface area contributed by atoms with Crippen molar-refractivity contribution in [1.82, 2.24) is 15.1 Å². The van der Waals surface area contributed by atoms with E-state index >= 15 is 0 Å². The summed E-state index contributed by atoms with van der Waals surface area (Å²) in [5.41, 5.74) is 1.46. The van der Waals surface area contributed by atoms with Crippen LogP contribution in [0, 0.1) is 16.7 Å². The van der Waals surface area contributed by atoms with Gasteiger partial charge in [0.15, 0.2) is 0 Å². The Labute approximate surface area is 150 Å². The van der Waals surface area contributed by atoms with Gasteiger partial charge in [-0.3, -0.25) is 9.48 Å². The van der Waals surface area contributed by atoms with E-state index in [0.29, 0.717) is 29.7 Å². The second-order valence-electron chi connectivity index (χ2n) is 9.47. The summed E-state index contributed by atoms with van der Waals surface area (Å²) in [7, 11) is 0. The quantitative estimate of drug-likeness (QED) is 0.804. The number of nitrogens with one attached hydrogen (secondary N) is 1. The molecular weight excluding hydrogens is 314 g/mol. The van der Waals surface area contributed by atoms with Crippen molar-refractivity contribution < 1.29 is 9.53 Å². The average molecular weight is 345 g/mol. The first-order valence-electron chi connectivity index (χ1n) is 9.78. The number of carbonyl (C=O) groups is 1. The molecule has 138 valence electrons. The molecule has 0 radical (unpaired) electrons. The molecule has 1 N–H and O–H groups in total. The van der Waals surface area contributed by atoms with Crippen LogP contribution in [0.1, 0.15) is 69.8 Å². The molecule has 1 amide bonds. The molecule has 4 atom stereocenters. The molecule has 1 aromatic heterocycles. The van der Waals surface area contributed by atoms with Gasteiger partial charge in [-0.1, -0.05) is 13.8 Å². The number of aromatic nitrogens is 2. The Balaban J connectivity index is 1.31. The van der Waals surface area contributed by atoms with E-state index < -0.39 is 0 Å². The van der Waals surface area contributed by atoms with Gasteiger partial charge >= 0.3 is 0 Å². The fourth-order valence-electron chi connectivity index (χ4n) is 6.69. The molecule has 4 fully saturated rings. The molecule has 0 spiro atoms. The number of hydrogen-bond donors (Lipinski definition) is 1. The number of hydrogen-bond acceptors (Lipinski definition) is 3. The van der Waals surface area contributed by atoms with Crippen LogP contribution in [0.25, 0.3) is 0 Å². The second-order valence-corrected chi connectivity index (χ2v) is 9.47. The van der Waals surface area contributed by atoms with E-state index in [-0.39, 0.29) is 11.5 Å². The summed E-state index contributed by atoms with van der Waals surface area (Å²) < 4.78 is 8.21. The molecule has 0 aromatic carbocycles. The zero-order valence-corrected chi connectivity index (χ0v) is 15.8. The molecule has 2 unspecified atom stereocenters. The third-order valence-corrected chi connectivity index (χ3v) is 6.57. The van der Waals surface area contributed by atoms with Crippen LogP contribution in [0.2, 0.25) is 0 Å². The molecule has 0 aliphatic heterocycles. The summed E-state index contributed by atoms with van der Waals surface area (Å²) in [6.07, 6.45) is 9.56. The van der Waals surface area contributed by atoms with Crippen molar-refractivity contribution in [3.05, 3.63) is 18.0 Å². The zero-order chi connectivity index (χ0) is 17.7. The normalized spacial score (nSPS) is 38.9. The maximum Gasteiger partial charge on any atom is 0.271 e. The number of nitrogens with zero attached hydrogens (tertiary/aromatic N) is 2. The summed E-state index contributed by atoms with van der Waals surface area (Å²) in [4.78, 5) is 12.2. The molecule has 5 heteroatoms. The summed E-state index contributed by atoms with van der Waals surface area (Å²) >= 11 is 0. The van der Waals surface area contributed by atoms with Gasteiger partial charge in [0.1, 0.15) is 5.69 Å². The van der Waals surface area contributed by atoms with Gasteiger partial charge in [0.25, 0.3) is 5.91 Å². The molecule has 5 rings (SSSR count). The summed E-state index contributed by atoms with van der Waals surface area (Å²) in [5, 5.41) is 7.19. The highest BCUT2D eigenvalue weighted by atomic mass is 16.5. The third-order valence-electron chi connectivity index (χ3n) is 6.57. The second kappa shape index (κ2) is 5.83. The SMILES string of the molecule is CCn1ccc(C(=O)NCCOC23CC4C[C@@](C)(C2)C[C@](C)(C4)C3)n1. The van der Waals surface area contributed by atoms with Crippen LogP contribution in [0.3, 0.4) is 0 Å². The van der Waals surface area contributed by atoms with Gasteiger partial charge < -0.3 is 10.1 Å². The lowest BCUT2D eigenvalue weighted by Gasteiger charge is -2.65. The highest BCUT2D eigenvalue weighted by molar-refractivity contribution is 5.92. The van der Waals surface area contributed by atoms with Crippen molar-refractivity contribution >= 4 is 5.91 Å². The standard InChI is InChI=1S/C20H31N3O2/c1-4-23-7-5-16(22-23)17(24)21-6-8-25-20-11-15-9-18(2,13-20)12-19(3,10-15)14-20/h5,7,15H,4,6,8-14H2,1-3H3,(H,21,24)/t15?,18-,19+,20?. The molecular formula is C20H31N3O2. The average Bonchev–Trinajstić information content (AvgIpc) is 2.97. The van der Waals surface area contributed by atoms with Gasteiger partial charge in [0, 0.05) is 19.3 Å². The highest BCUT2D eigenvalue weighted by Gasteiger charge is 2.60. The van der Waals surface area contributed by atoms with Crippen molar-refractivity contribution in [3.63, 3.8) is 0 Å². The van der Waals surface area contributed by atoms with Crippen LogP contribution in [0.5, 0.6) is 0 Å². The highest BCUT2D eigenvalue weighted by Crippen LogP contribution is 2.67. The predicted octanol–water partition coefficient (Wildman–Crippen LogP) is 3.40. The van der Waals surface area contributed by atoms with Crippen molar-refractivity contribution in [1.29, 1.82) is 0 Å². The smallest absolute Gasteiger partial charge is 0.271 e. The molecule has 4 aliphatic carbocycles. The summed E-state index contributed by atoms with van der Waals surface area (Å²) in [6, 6.07) is 1.76. The zero-order valence-electron chi connectivity index (χ0n) is 15.8. The van der Waals surface area contributed by atoms with Crippen LogP contribution in [0.15, 0.2) is 12.3 Å². The Kier molecular flexibility index (Phi) is 3.98. The topological polar surface area (TPSA) is 56.2 Å². The first kappa shape index (κ1) is 17.1. The van der Waals surface area contributed by atoms with E-state index in [1.54, 1.807) is 10.7 Å². The van der Waals surface area contributed by atoms with Gasteiger partial charge in [0.2, 0.25) is 0 Å². The van der Waals surface area contributed by atoms with Gasteiger partial charge in [0.05, 0.1) is 12.2 Å². The van der Waals surface area contributed by atoms with Crippen LogP contribution < -0.4 is 5.32 Å². The molecule has 4 saturated carbocycles.